The van der Waals surface area contributed by atoms with Crippen LogP contribution in [-0.4, -0.2) is 15.0 Å². The van der Waals surface area contributed by atoms with Gasteiger partial charge in [0.1, 0.15) is 5.82 Å². The topological polar surface area (TPSA) is 38.7 Å². The Hall–Kier alpha value is -2.55. The highest BCUT2D eigenvalue weighted by atomic mass is 15.0. The quantitative estimate of drug-likeness (QED) is 0.777. The molecule has 0 unspecified atom stereocenters. The van der Waals surface area contributed by atoms with Gasteiger partial charge in [0, 0.05) is 11.1 Å². The fourth-order valence-corrected chi connectivity index (χ4v) is 1.69. The van der Waals surface area contributed by atoms with Crippen molar-refractivity contribution in [2.24, 2.45) is 0 Å². The molecule has 1 aromatic carbocycles. The van der Waals surface area contributed by atoms with Crippen LogP contribution in [0, 0.1) is 6.92 Å². The van der Waals surface area contributed by atoms with E-state index in [0.29, 0.717) is 17.5 Å². The van der Waals surface area contributed by atoms with Gasteiger partial charge in [-0.3, -0.25) is 0 Å². The highest BCUT2D eigenvalue weighted by molar-refractivity contribution is 5.71. The van der Waals surface area contributed by atoms with Crippen LogP contribution in [0.25, 0.3) is 17.0 Å². The molecule has 1 heterocycles. The first-order valence-electron chi connectivity index (χ1n) is 5.98. The number of aromatic nitrogens is 3. The minimum Gasteiger partial charge on any atom is -0.213 e. The molecule has 94 valence electrons. The third kappa shape index (κ3) is 3.01. The molecule has 3 heteroatoms. The standard InChI is InChI=1S/C16H15N3/c1-4-9-13(5-2)15-17-12(3)18-16(19-15)14-10-7-6-8-11-14/h4-11H,1-2H2,3H3/b13-9+. The summed E-state index contributed by atoms with van der Waals surface area (Å²) in [4.78, 5) is 13.2. The van der Waals surface area contributed by atoms with E-state index < -0.39 is 0 Å². The summed E-state index contributed by atoms with van der Waals surface area (Å²) < 4.78 is 0. The molecule has 0 N–H and O–H groups in total. The van der Waals surface area contributed by atoms with Gasteiger partial charge in [0.25, 0.3) is 0 Å². The average Bonchev–Trinajstić information content (AvgIpc) is 2.45. The third-order valence-electron chi connectivity index (χ3n) is 2.55. The van der Waals surface area contributed by atoms with Crippen LogP contribution in [0.1, 0.15) is 11.6 Å². The van der Waals surface area contributed by atoms with Crippen molar-refractivity contribution in [1.82, 2.24) is 15.0 Å². The molecule has 0 spiro atoms. The van der Waals surface area contributed by atoms with Gasteiger partial charge < -0.3 is 0 Å². The Bertz CT molecular complexity index is 628. The zero-order chi connectivity index (χ0) is 13.7. The molecular formula is C16H15N3. The second-order valence-electron chi connectivity index (χ2n) is 3.96. The minimum atomic E-state index is 0.612. The second-order valence-corrected chi connectivity index (χ2v) is 3.96. The Morgan fingerprint density at radius 3 is 2.42 bits per heavy atom. The van der Waals surface area contributed by atoms with Gasteiger partial charge in [-0.05, 0) is 6.92 Å². The predicted octanol–water partition coefficient (Wildman–Crippen LogP) is 3.60. The molecule has 0 bridgehead atoms. The van der Waals surface area contributed by atoms with Gasteiger partial charge in [0.05, 0.1) is 0 Å². The van der Waals surface area contributed by atoms with Gasteiger partial charge in [-0.2, -0.15) is 0 Å². The van der Waals surface area contributed by atoms with Crippen molar-refractivity contribution in [2.45, 2.75) is 6.92 Å². The maximum atomic E-state index is 4.48. The van der Waals surface area contributed by atoms with Gasteiger partial charge in [-0.15, -0.1) is 0 Å². The Kier molecular flexibility index (Phi) is 3.98. The zero-order valence-corrected chi connectivity index (χ0v) is 10.9. The molecule has 1 aromatic heterocycles. The second kappa shape index (κ2) is 5.87. The van der Waals surface area contributed by atoms with Crippen LogP contribution in [0.15, 0.2) is 61.7 Å². The molecule has 0 aliphatic rings. The molecule has 19 heavy (non-hydrogen) atoms. The van der Waals surface area contributed by atoms with Crippen molar-refractivity contribution in [3.05, 3.63) is 73.4 Å². The zero-order valence-electron chi connectivity index (χ0n) is 10.9. The fraction of sp³-hybridized carbons (Fsp3) is 0.0625. The summed E-state index contributed by atoms with van der Waals surface area (Å²) in [6.45, 7) is 9.31. The van der Waals surface area contributed by atoms with E-state index in [1.54, 1.807) is 12.2 Å². The van der Waals surface area contributed by atoms with Gasteiger partial charge in [0.2, 0.25) is 0 Å². The first-order chi connectivity index (χ1) is 9.24. The Morgan fingerprint density at radius 2 is 1.79 bits per heavy atom. The van der Waals surface area contributed by atoms with Crippen molar-refractivity contribution in [3.63, 3.8) is 0 Å². The summed E-state index contributed by atoms with van der Waals surface area (Å²) in [5.41, 5.74) is 1.80. The molecule has 3 nitrogen and oxygen atoms in total. The maximum Gasteiger partial charge on any atom is 0.163 e. The van der Waals surface area contributed by atoms with E-state index in [-0.39, 0.29) is 0 Å². The molecule has 0 aliphatic heterocycles. The number of aryl methyl sites for hydroxylation is 1. The highest BCUT2D eigenvalue weighted by Crippen LogP contribution is 2.17. The molecule has 0 radical (unpaired) electrons. The van der Waals surface area contributed by atoms with Gasteiger partial charge in [0.15, 0.2) is 11.6 Å². The van der Waals surface area contributed by atoms with Crippen molar-refractivity contribution in [2.75, 3.05) is 0 Å². The average molecular weight is 249 g/mol. The summed E-state index contributed by atoms with van der Waals surface area (Å²) in [6, 6.07) is 9.84. The summed E-state index contributed by atoms with van der Waals surface area (Å²) >= 11 is 0. The summed E-state index contributed by atoms with van der Waals surface area (Å²) in [7, 11) is 0. The molecular weight excluding hydrogens is 234 g/mol. The van der Waals surface area contributed by atoms with E-state index >= 15 is 0 Å². The van der Waals surface area contributed by atoms with Crippen molar-refractivity contribution in [1.29, 1.82) is 0 Å². The number of hydrogen-bond donors (Lipinski definition) is 0. The molecule has 2 aromatic rings. The molecule has 0 saturated carbocycles. The van der Waals surface area contributed by atoms with Gasteiger partial charge in [-0.1, -0.05) is 61.7 Å². The molecule has 0 atom stereocenters. The van der Waals surface area contributed by atoms with Crippen LogP contribution in [-0.2, 0) is 0 Å². The van der Waals surface area contributed by atoms with E-state index in [1.807, 2.05) is 43.3 Å². The van der Waals surface area contributed by atoms with Gasteiger partial charge >= 0.3 is 0 Å². The molecule has 0 fully saturated rings. The van der Waals surface area contributed by atoms with Crippen LogP contribution in [0.2, 0.25) is 0 Å². The van der Waals surface area contributed by atoms with E-state index in [1.165, 1.54) is 0 Å². The molecule has 0 aliphatic carbocycles. The third-order valence-corrected chi connectivity index (χ3v) is 2.55. The number of allylic oxidation sites excluding steroid dienone is 4. The summed E-state index contributed by atoms with van der Waals surface area (Å²) in [5.74, 6) is 1.96. The fourth-order valence-electron chi connectivity index (χ4n) is 1.69. The molecule has 0 saturated heterocycles. The van der Waals surface area contributed by atoms with Crippen molar-refractivity contribution >= 4 is 5.57 Å². The lowest BCUT2D eigenvalue weighted by molar-refractivity contribution is 0.962. The molecule has 2 rings (SSSR count). The van der Waals surface area contributed by atoms with Crippen molar-refractivity contribution in [3.8, 4) is 11.4 Å². The number of rotatable bonds is 4. The lowest BCUT2D eigenvalue weighted by Gasteiger charge is -2.05. The first kappa shape index (κ1) is 12.9. The Labute approximate surface area is 113 Å². The normalized spacial score (nSPS) is 11.1. The lowest BCUT2D eigenvalue weighted by atomic mass is 10.2. The summed E-state index contributed by atoms with van der Waals surface area (Å²) in [6.07, 6.45) is 5.24. The van der Waals surface area contributed by atoms with Gasteiger partial charge in [-0.25, -0.2) is 15.0 Å². The largest absolute Gasteiger partial charge is 0.213 e. The van der Waals surface area contributed by atoms with Crippen LogP contribution in [0.5, 0.6) is 0 Å². The number of nitrogens with zero attached hydrogens (tertiary/aromatic N) is 3. The molecule has 0 amide bonds. The smallest absolute Gasteiger partial charge is 0.163 e. The van der Waals surface area contributed by atoms with E-state index in [9.17, 15) is 0 Å². The first-order valence-corrected chi connectivity index (χ1v) is 5.98. The Balaban J connectivity index is 2.55. The SMILES string of the molecule is C=C/C=C(\C=C)c1nc(C)nc(-c2ccccc2)n1. The highest BCUT2D eigenvalue weighted by Gasteiger charge is 2.07. The van der Waals surface area contributed by atoms with Crippen LogP contribution >= 0.6 is 0 Å². The van der Waals surface area contributed by atoms with Crippen LogP contribution in [0.3, 0.4) is 0 Å². The predicted molar refractivity (Wildman–Crippen MR) is 78.4 cm³/mol. The number of benzene rings is 1. The summed E-state index contributed by atoms with van der Waals surface area (Å²) in [5, 5.41) is 0. The van der Waals surface area contributed by atoms with Crippen molar-refractivity contribution < 1.29 is 0 Å². The van der Waals surface area contributed by atoms with Crippen LogP contribution < -0.4 is 0 Å². The van der Waals surface area contributed by atoms with E-state index in [0.717, 1.165) is 11.1 Å². The lowest BCUT2D eigenvalue weighted by Crippen LogP contribution is -2.01. The van der Waals surface area contributed by atoms with E-state index in [2.05, 4.69) is 28.1 Å². The van der Waals surface area contributed by atoms with Crippen LogP contribution in [0.4, 0.5) is 0 Å². The van der Waals surface area contributed by atoms with E-state index in [4.69, 9.17) is 0 Å². The maximum absolute atomic E-state index is 4.48. The minimum absolute atomic E-state index is 0.612. The monoisotopic (exact) mass is 249 g/mol. The Morgan fingerprint density at radius 1 is 1.05 bits per heavy atom. The number of hydrogen-bond acceptors (Lipinski definition) is 3.